The van der Waals surface area contributed by atoms with Crippen LogP contribution in [0.4, 0.5) is 4.39 Å². The fraction of sp³-hybridized carbons (Fsp3) is 0.333. The topological polar surface area (TPSA) is 12.0 Å². The highest BCUT2D eigenvalue weighted by Crippen LogP contribution is 2.27. The highest BCUT2D eigenvalue weighted by atomic mass is 79.9. The molecule has 1 unspecified atom stereocenters. The molecule has 2 aromatic rings. The van der Waals surface area contributed by atoms with Crippen LogP contribution in [-0.4, -0.2) is 6.54 Å². The number of likely N-dealkylation sites (N-methyl/N-ethyl adjacent to an activating group) is 1. The summed E-state index contributed by atoms with van der Waals surface area (Å²) in [7, 11) is 0. The van der Waals surface area contributed by atoms with Gasteiger partial charge in [0.1, 0.15) is 5.82 Å². The molecule has 0 amide bonds. The standard InChI is InChI=1S/C18H21BrFN/c1-4-21-18(16-9-12(2)5-6-13(16)3)11-14-10-15(20)7-8-17(14)19/h5-10,18,21H,4,11H2,1-3H3. The second-order valence-corrected chi connectivity index (χ2v) is 6.26. The van der Waals surface area contributed by atoms with Crippen molar-refractivity contribution < 1.29 is 4.39 Å². The Morgan fingerprint density at radius 3 is 2.62 bits per heavy atom. The maximum Gasteiger partial charge on any atom is 0.123 e. The van der Waals surface area contributed by atoms with E-state index < -0.39 is 0 Å². The van der Waals surface area contributed by atoms with Gasteiger partial charge in [-0.3, -0.25) is 0 Å². The molecule has 3 heteroatoms. The van der Waals surface area contributed by atoms with E-state index in [-0.39, 0.29) is 11.9 Å². The molecule has 0 bridgehead atoms. The maximum atomic E-state index is 13.5. The van der Waals surface area contributed by atoms with Crippen LogP contribution in [0.2, 0.25) is 0 Å². The third-order valence-electron chi connectivity index (χ3n) is 3.69. The van der Waals surface area contributed by atoms with Gasteiger partial charge in [-0.15, -0.1) is 0 Å². The van der Waals surface area contributed by atoms with Crippen LogP contribution in [0.3, 0.4) is 0 Å². The Labute approximate surface area is 134 Å². The first kappa shape index (κ1) is 16.2. The largest absolute Gasteiger partial charge is 0.310 e. The molecule has 0 saturated heterocycles. The molecule has 0 heterocycles. The fourth-order valence-corrected chi connectivity index (χ4v) is 3.00. The predicted octanol–water partition coefficient (Wildman–Crippen LogP) is 5.10. The maximum absolute atomic E-state index is 13.5. The molecular formula is C18H21BrFN. The third-order valence-corrected chi connectivity index (χ3v) is 4.47. The highest BCUT2D eigenvalue weighted by Gasteiger charge is 2.15. The van der Waals surface area contributed by atoms with Crippen molar-refractivity contribution in [2.45, 2.75) is 33.2 Å². The van der Waals surface area contributed by atoms with E-state index in [0.29, 0.717) is 0 Å². The molecule has 1 N–H and O–H groups in total. The summed E-state index contributed by atoms with van der Waals surface area (Å²) in [5, 5.41) is 3.52. The molecule has 1 nitrogen and oxygen atoms in total. The molecule has 0 aromatic heterocycles. The lowest BCUT2D eigenvalue weighted by Crippen LogP contribution is -2.24. The predicted molar refractivity (Wildman–Crippen MR) is 90.1 cm³/mol. The molecule has 0 aliphatic heterocycles. The summed E-state index contributed by atoms with van der Waals surface area (Å²) in [6.07, 6.45) is 0.760. The first-order valence-electron chi connectivity index (χ1n) is 7.25. The van der Waals surface area contributed by atoms with Crippen LogP contribution in [0.15, 0.2) is 40.9 Å². The summed E-state index contributed by atoms with van der Waals surface area (Å²) in [4.78, 5) is 0. The molecule has 0 spiro atoms. The fourth-order valence-electron chi connectivity index (χ4n) is 2.59. The molecule has 112 valence electrons. The molecule has 1 atom stereocenters. The van der Waals surface area contributed by atoms with Gasteiger partial charge in [-0.05, 0) is 61.7 Å². The number of nitrogens with one attached hydrogen (secondary N) is 1. The molecule has 0 saturated carbocycles. The lowest BCUT2D eigenvalue weighted by molar-refractivity contribution is 0.543. The molecule has 0 fully saturated rings. The third kappa shape index (κ3) is 4.14. The minimum Gasteiger partial charge on any atom is -0.310 e. The first-order valence-corrected chi connectivity index (χ1v) is 8.05. The number of rotatable bonds is 5. The van der Waals surface area contributed by atoms with Crippen LogP contribution in [0, 0.1) is 19.7 Å². The van der Waals surface area contributed by atoms with Gasteiger partial charge in [0, 0.05) is 10.5 Å². The molecule has 21 heavy (non-hydrogen) atoms. The van der Waals surface area contributed by atoms with Crippen molar-refractivity contribution in [3.05, 3.63) is 68.9 Å². The van der Waals surface area contributed by atoms with Crippen LogP contribution in [-0.2, 0) is 6.42 Å². The first-order chi connectivity index (χ1) is 10.0. The minimum absolute atomic E-state index is 0.188. The number of halogens is 2. The Kier molecular flexibility index (Phi) is 5.54. The minimum atomic E-state index is -0.190. The Morgan fingerprint density at radius 1 is 1.14 bits per heavy atom. The Morgan fingerprint density at radius 2 is 1.90 bits per heavy atom. The lowest BCUT2D eigenvalue weighted by Gasteiger charge is -2.22. The van der Waals surface area contributed by atoms with Crippen molar-refractivity contribution in [3.63, 3.8) is 0 Å². The monoisotopic (exact) mass is 349 g/mol. The highest BCUT2D eigenvalue weighted by molar-refractivity contribution is 9.10. The van der Waals surface area contributed by atoms with E-state index in [2.05, 4.69) is 60.2 Å². The van der Waals surface area contributed by atoms with Gasteiger partial charge in [0.05, 0.1) is 0 Å². The average Bonchev–Trinajstić information content (AvgIpc) is 2.45. The van der Waals surface area contributed by atoms with Crippen LogP contribution in [0.25, 0.3) is 0 Å². The zero-order valence-corrected chi connectivity index (χ0v) is 14.3. The van der Waals surface area contributed by atoms with Crippen molar-refractivity contribution in [1.29, 1.82) is 0 Å². The lowest BCUT2D eigenvalue weighted by atomic mass is 9.94. The second-order valence-electron chi connectivity index (χ2n) is 5.41. The van der Waals surface area contributed by atoms with Gasteiger partial charge >= 0.3 is 0 Å². The van der Waals surface area contributed by atoms with E-state index in [1.807, 2.05) is 0 Å². The van der Waals surface area contributed by atoms with E-state index in [1.54, 1.807) is 12.1 Å². The van der Waals surface area contributed by atoms with Crippen molar-refractivity contribution in [2.24, 2.45) is 0 Å². The van der Waals surface area contributed by atoms with E-state index in [4.69, 9.17) is 0 Å². The van der Waals surface area contributed by atoms with Crippen LogP contribution in [0.1, 0.15) is 35.2 Å². The van der Waals surface area contributed by atoms with Gasteiger partial charge in [0.2, 0.25) is 0 Å². The van der Waals surface area contributed by atoms with E-state index in [1.165, 1.54) is 22.8 Å². The molecule has 0 aliphatic rings. The second kappa shape index (κ2) is 7.19. The smallest absolute Gasteiger partial charge is 0.123 e. The van der Waals surface area contributed by atoms with Crippen LogP contribution >= 0.6 is 15.9 Å². The molecule has 0 aliphatic carbocycles. The van der Waals surface area contributed by atoms with E-state index in [0.717, 1.165) is 23.0 Å². The van der Waals surface area contributed by atoms with E-state index >= 15 is 0 Å². The molecular weight excluding hydrogens is 329 g/mol. The number of aryl methyl sites for hydroxylation is 2. The zero-order chi connectivity index (χ0) is 15.4. The SMILES string of the molecule is CCNC(Cc1cc(F)ccc1Br)c1cc(C)ccc1C. The normalized spacial score (nSPS) is 12.4. The van der Waals surface area contributed by atoms with Gasteiger partial charge < -0.3 is 5.32 Å². The number of hydrogen-bond acceptors (Lipinski definition) is 1. The van der Waals surface area contributed by atoms with Crippen molar-refractivity contribution >= 4 is 15.9 Å². The number of hydrogen-bond donors (Lipinski definition) is 1. The quantitative estimate of drug-likeness (QED) is 0.791. The van der Waals surface area contributed by atoms with Gasteiger partial charge in [-0.2, -0.15) is 0 Å². The summed E-state index contributed by atoms with van der Waals surface area (Å²) in [6, 6.07) is 11.5. The Hall–Kier alpha value is -1.19. The van der Waals surface area contributed by atoms with Gasteiger partial charge in [-0.25, -0.2) is 4.39 Å². The zero-order valence-electron chi connectivity index (χ0n) is 12.7. The molecule has 2 aromatic carbocycles. The summed E-state index contributed by atoms with van der Waals surface area (Å²) in [5.74, 6) is -0.190. The van der Waals surface area contributed by atoms with Crippen molar-refractivity contribution in [2.75, 3.05) is 6.54 Å². The average molecular weight is 350 g/mol. The summed E-state index contributed by atoms with van der Waals surface area (Å²) in [5.41, 5.74) is 4.78. The summed E-state index contributed by atoms with van der Waals surface area (Å²) in [6.45, 7) is 7.20. The Balaban J connectivity index is 2.35. The van der Waals surface area contributed by atoms with Gasteiger partial charge in [0.25, 0.3) is 0 Å². The van der Waals surface area contributed by atoms with Crippen molar-refractivity contribution in [1.82, 2.24) is 5.32 Å². The molecule has 0 radical (unpaired) electrons. The molecule has 2 rings (SSSR count). The van der Waals surface area contributed by atoms with Crippen LogP contribution < -0.4 is 5.32 Å². The van der Waals surface area contributed by atoms with E-state index in [9.17, 15) is 4.39 Å². The van der Waals surface area contributed by atoms with Gasteiger partial charge in [0.15, 0.2) is 0 Å². The number of benzene rings is 2. The summed E-state index contributed by atoms with van der Waals surface area (Å²) >= 11 is 3.52. The van der Waals surface area contributed by atoms with Crippen molar-refractivity contribution in [3.8, 4) is 0 Å². The van der Waals surface area contributed by atoms with Crippen LogP contribution in [0.5, 0.6) is 0 Å². The summed E-state index contributed by atoms with van der Waals surface area (Å²) < 4.78 is 14.4. The Bertz CT molecular complexity index is 625. The van der Waals surface area contributed by atoms with Gasteiger partial charge in [-0.1, -0.05) is 46.6 Å².